The second kappa shape index (κ2) is 26.9. The van der Waals surface area contributed by atoms with Crippen molar-refractivity contribution in [3.05, 3.63) is 274 Å². The summed E-state index contributed by atoms with van der Waals surface area (Å²) in [5.74, 6) is 1.31. The summed E-state index contributed by atoms with van der Waals surface area (Å²) in [6.07, 6.45) is 31.2. The molecule has 4 nitrogen and oxygen atoms in total. The van der Waals surface area contributed by atoms with Crippen molar-refractivity contribution in [1.82, 2.24) is 4.98 Å². The van der Waals surface area contributed by atoms with Crippen molar-refractivity contribution in [1.29, 1.82) is 0 Å². The minimum Gasteiger partial charge on any atom is -0.458 e. The molecule has 422 valence electrons. The van der Waals surface area contributed by atoms with Crippen LogP contribution in [0, 0.1) is 0 Å². The summed E-state index contributed by atoms with van der Waals surface area (Å²) in [4.78, 5) is 10.2. The van der Waals surface area contributed by atoms with E-state index in [1.165, 1.54) is 60.8 Å². The number of rotatable bonds is 8. The van der Waals surface area contributed by atoms with Crippen LogP contribution < -0.4 is 20.2 Å². The lowest BCUT2D eigenvalue weighted by molar-refractivity contribution is 0.546. The Morgan fingerprint density at radius 1 is 0.607 bits per heavy atom. The van der Waals surface area contributed by atoms with Crippen LogP contribution in [0.1, 0.15) is 123 Å². The van der Waals surface area contributed by atoms with E-state index in [1.54, 1.807) is 11.1 Å². The summed E-state index contributed by atoms with van der Waals surface area (Å²) >= 11 is 0. The second-order valence-corrected chi connectivity index (χ2v) is 20.9. The Kier molecular flexibility index (Phi) is 18.7. The van der Waals surface area contributed by atoms with Gasteiger partial charge in [-0.2, -0.15) is 0 Å². The summed E-state index contributed by atoms with van der Waals surface area (Å²) in [6.45, 7) is 22.1. The van der Waals surface area contributed by atoms with Gasteiger partial charge < -0.3 is 14.2 Å². The Balaban J connectivity index is 0.000000470. The zero-order chi connectivity index (χ0) is 58.7. The Morgan fingerprint density at radius 3 is 1.94 bits per heavy atom. The van der Waals surface area contributed by atoms with Gasteiger partial charge in [0.1, 0.15) is 5.76 Å². The average Bonchev–Trinajstić information content (AvgIpc) is 1.86. The molecule has 7 aromatic carbocycles. The number of nitrogens with zero attached hydrogens (tertiary/aromatic N) is 3. The quantitative estimate of drug-likeness (QED) is 0.142. The number of allylic oxidation sites excluding steroid dienone is 10. The first kappa shape index (κ1) is 58.2. The van der Waals surface area contributed by atoms with Crippen LogP contribution in [-0.2, 0) is 6.42 Å². The number of hydrogen-bond acceptors (Lipinski definition) is 4. The molecule has 0 saturated carbocycles. The summed E-state index contributed by atoms with van der Waals surface area (Å²) in [6, 6.07) is 59.5. The number of benzene rings is 7. The van der Waals surface area contributed by atoms with Gasteiger partial charge in [-0.1, -0.05) is 218 Å². The van der Waals surface area contributed by atoms with Gasteiger partial charge in [0, 0.05) is 45.9 Å². The molecule has 0 radical (unpaired) electrons. The lowest BCUT2D eigenvalue weighted by atomic mass is 9.69. The van der Waals surface area contributed by atoms with Crippen molar-refractivity contribution in [2.24, 2.45) is 0 Å². The molecule has 0 N–H and O–H groups in total. The summed E-state index contributed by atoms with van der Waals surface area (Å²) in [5, 5.41) is 6.11. The molecule has 1 aliphatic heterocycles. The fraction of sp³-hybridized carbons (Fsp3) is 0.212. The molecule has 2 aromatic heterocycles. The minimum atomic E-state index is 0.192. The Labute approximate surface area is 500 Å². The molecular weight excluding hydrogens is 1020 g/mol. The molecule has 84 heavy (non-hydrogen) atoms. The molecule has 0 spiro atoms. The van der Waals surface area contributed by atoms with Crippen LogP contribution >= 0.6 is 0 Å². The maximum absolute atomic E-state index is 6.88. The summed E-state index contributed by atoms with van der Waals surface area (Å²) < 4.78 is 6.88. The van der Waals surface area contributed by atoms with Crippen LogP contribution in [0.4, 0.5) is 28.4 Å². The standard InChI is InChI=1S/C65H53N3O.C9H10.3C2H6/c1-3-16-42(4-2)47-39-57-54-23-14-15-26-61(54)69-65(57)60(40-47)67(48-32-27-44(28-33-48)43-17-6-5-7-18-43)50-36-37-58(66-41-50)46-29-34-49(35-30-46)68-59-38-31-45-19-8-9-20-51(45)62(59)63-55-24-12-10-21-52(55)53-22-11-13-25-56(53)64(63)68;1-3-9-7-5-4-6-8(9)2;3*1-2/h3-9,12-14,16-20,23-25,27-41,63-64H,10-11,15,21-22,26H2,1-2H3;3-7H,2H2,1H3;3*1-2H3/b16-3-,42-4+;9-3-;;;. The highest BCUT2D eigenvalue weighted by Gasteiger charge is 2.47. The van der Waals surface area contributed by atoms with Gasteiger partial charge in [-0.05, 0) is 179 Å². The van der Waals surface area contributed by atoms with E-state index in [0.29, 0.717) is 0 Å². The second-order valence-electron chi connectivity index (χ2n) is 20.9. The van der Waals surface area contributed by atoms with E-state index in [2.05, 4.69) is 237 Å². The van der Waals surface area contributed by atoms with E-state index >= 15 is 0 Å². The van der Waals surface area contributed by atoms with E-state index in [-0.39, 0.29) is 12.0 Å². The van der Waals surface area contributed by atoms with Gasteiger partial charge in [0.25, 0.3) is 0 Å². The third-order valence-corrected chi connectivity index (χ3v) is 16.5. The SMILES string of the molecule is C/C=C\C(=C/C)c1cc(N(c2ccc(-c3ccccc3)cc2)c2ccc(-c3ccc(N4c5ccc6ccccc6c5C5C6=C(CCC=C6)C6=C(C=CCC6)C54)cc3)nc2)c2oc3c(c2c1)C=CCC3.C=c1cccc/c1=C/C.CC.CC.CC. The fourth-order valence-electron chi connectivity index (χ4n) is 12.9. The van der Waals surface area contributed by atoms with Gasteiger partial charge in [0.05, 0.1) is 29.3 Å². The fourth-order valence-corrected chi connectivity index (χ4v) is 12.9. The molecule has 0 bridgehead atoms. The van der Waals surface area contributed by atoms with Crippen LogP contribution in [-0.4, -0.2) is 11.0 Å². The third kappa shape index (κ3) is 11.2. The van der Waals surface area contributed by atoms with Crippen LogP contribution in [0.15, 0.2) is 245 Å². The largest absolute Gasteiger partial charge is 0.458 e. The third-order valence-electron chi connectivity index (χ3n) is 16.5. The number of aromatic nitrogens is 1. The summed E-state index contributed by atoms with van der Waals surface area (Å²) in [5.41, 5.74) is 21.9. The maximum atomic E-state index is 6.88. The zero-order valence-corrected chi connectivity index (χ0v) is 50.8. The molecular formula is C80H81N3O. The molecule has 5 aliphatic rings. The first-order valence-corrected chi connectivity index (χ1v) is 30.9. The Bertz CT molecular complexity index is 4120. The molecule has 2 atom stereocenters. The van der Waals surface area contributed by atoms with Crippen LogP contribution in [0.25, 0.3) is 68.4 Å². The van der Waals surface area contributed by atoms with Gasteiger partial charge >= 0.3 is 0 Å². The molecule has 2 unspecified atom stereocenters. The highest BCUT2D eigenvalue weighted by atomic mass is 16.3. The van der Waals surface area contributed by atoms with Gasteiger partial charge in [0.2, 0.25) is 0 Å². The van der Waals surface area contributed by atoms with E-state index in [0.717, 1.165) is 99.9 Å². The first-order chi connectivity index (χ1) is 41.5. The number of aryl methyl sites for hydroxylation is 1. The number of pyridine rings is 1. The van der Waals surface area contributed by atoms with Crippen molar-refractivity contribution < 1.29 is 4.42 Å². The molecule has 4 aliphatic carbocycles. The van der Waals surface area contributed by atoms with E-state index in [4.69, 9.17) is 9.40 Å². The lowest BCUT2D eigenvalue weighted by Gasteiger charge is -2.40. The molecule has 9 aromatic rings. The number of hydrogen-bond donors (Lipinski definition) is 0. The average molecular weight is 1100 g/mol. The Hall–Kier alpha value is -8.99. The van der Waals surface area contributed by atoms with E-state index in [9.17, 15) is 0 Å². The van der Waals surface area contributed by atoms with Crippen molar-refractivity contribution in [2.45, 2.75) is 113 Å². The first-order valence-electron chi connectivity index (χ1n) is 30.9. The lowest BCUT2D eigenvalue weighted by Crippen LogP contribution is -2.36. The highest BCUT2D eigenvalue weighted by Crippen LogP contribution is 2.59. The topological polar surface area (TPSA) is 32.5 Å². The van der Waals surface area contributed by atoms with Gasteiger partial charge in [-0.15, -0.1) is 0 Å². The smallest absolute Gasteiger partial charge is 0.158 e. The van der Waals surface area contributed by atoms with Crippen molar-refractivity contribution in [2.75, 3.05) is 9.80 Å². The van der Waals surface area contributed by atoms with Gasteiger partial charge in [-0.25, -0.2) is 0 Å². The normalized spacial score (nSPS) is 16.5. The predicted octanol–water partition coefficient (Wildman–Crippen LogP) is 21.6. The monoisotopic (exact) mass is 1100 g/mol. The van der Waals surface area contributed by atoms with Crippen molar-refractivity contribution in [3.8, 4) is 22.4 Å². The molecule has 14 rings (SSSR count). The van der Waals surface area contributed by atoms with Gasteiger partial charge in [0.15, 0.2) is 5.58 Å². The molecule has 0 saturated heterocycles. The molecule has 4 heteroatoms. The molecule has 0 amide bonds. The van der Waals surface area contributed by atoms with E-state index in [1.807, 2.05) is 72.9 Å². The molecule has 0 fully saturated rings. The summed E-state index contributed by atoms with van der Waals surface area (Å²) in [7, 11) is 0. The maximum Gasteiger partial charge on any atom is 0.158 e. The van der Waals surface area contributed by atoms with E-state index < -0.39 is 0 Å². The van der Waals surface area contributed by atoms with Crippen molar-refractivity contribution in [3.63, 3.8) is 0 Å². The Morgan fingerprint density at radius 2 is 1.25 bits per heavy atom. The number of anilines is 5. The van der Waals surface area contributed by atoms with Crippen LogP contribution in [0.3, 0.4) is 0 Å². The van der Waals surface area contributed by atoms with Crippen molar-refractivity contribution >= 4 is 74.5 Å². The van der Waals surface area contributed by atoms with Crippen LogP contribution in [0.5, 0.6) is 0 Å². The van der Waals surface area contributed by atoms with Gasteiger partial charge in [-0.3, -0.25) is 4.98 Å². The highest BCUT2D eigenvalue weighted by molar-refractivity contribution is 6.03. The number of fused-ring (bicyclic) bond motifs is 11. The predicted molar refractivity (Wildman–Crippen MR) is 364 cm³/mol. The zero-order valence-electron chi connectivity index (χ0n) is 50.8. The molecule has 3 heterocycles. The minimum absolute atomic E-state index is 0.192. The van der Waals surface area contributed by atoms with Crippen LogP contribution in [0.2, 0.25) is 0 Å². The number of furan rings is 1.